The van der Waals surface area contributed by atoms with Gasteiger partial charge in [0.05, 0.1) is 29.5 Å². The first-order valence-electron chi connectivity index (χ1n) is 16.0. The third-order valence-electron chi connectivity index (χ3n) is 9.12. The number of nitrogens with two attached hydrogens (primary N) is 1. The second kappa shape index (κ2) is 18.7. The molecule has 0 aromatic heterocycles. The van der Waals surface area contributed by atoms with Crippen molar-refractivity contribution in [1.82, 2.24) is 10.6 Å². The second-order valence-electron chi connectivity index (χ2n) is 12.5. The van der Waals surface area contributed by atoms with Gasteiger partial charge in [-0.25, -0.2) is 0 Å². The number of dihydropyridines is 1. The minimum atomic E-state index is -0.997. The molecule has 6 unspecified atom stereocenters. The van der Waals surface area contributed by atoms with Crippen molar-refractivity contribution in [3.8, 4) is 0 Å². The van der Waals surface area contributed by atoms with E-state index in [0.29, 0.717) is 37.5 Å². The molecule has 0 bridgehead atoms. The Morgan fingerprint density at radius 1 is 1.10 bits per heavy atom. The van der Waals surface area contributed by atoms with Gasteiger partial charge in [-0.1, -0.05) is 70.8 Å². The van der Waals surface area contributed by atoms with E-state index in [4.69, 9.17) is 5.73 Å². The number of allylic oxidation sites excluding steroid dienone is 2. The Labute approximate surface area is 242 Å². The van der Waals surface area contributed by atoms with Crippen LogP contribution in [0.1, 0.15) is 116 Å². The lowest BCUT2D eigenvalue weighted by Crippen LogP contribution is -2.44. The molecule has 0 amide bonds. The van der Waals surface area contributed by atoms with Gasteiger partial charge < -0.3 is 36.8 Å². The number of carboxylic acids is 1. The molecule has 8 nitrogen and oxygen atoms in total. The van der Waals surface area contributed by atoms with E-state index < -0.39 is 23.6 Å². The van der Waals surface area contributed by atoms with Crippen molar-refractivity contribution in [1.29, 1.82) is 0 Å². The van der Waals surface area contributed by atoms with Gasteiger partial charge in [0.15, 0.2) is 0 Å². The summed E-state index contributed by atoms with van der Waals surface area (Å²) in [6, 6.07) is 0. The van der Waals surface area contributed by atoms with Crippen LogP contribution in [-0.4, -0.2) is 64.3 Å². The van der Waals surface area contributed by atoms with Gasteiger partial charge in [0.1, 0.15) is 0 Å². The van der Waals surface area contributed by atoms with E-state index in [0.717, 1.165) is 64.3 Å². The van der Waals surface area contributed by atoms with Crippen LogP contribution in [-0.2, 0) is 4.79 Å². The Morgan fingerprint density at radius 3 is 2.35 bits per heavy atom. The molecule has 232 valence electrons. The summed E-state index contributed by atoms with van der Waals surface area (Å²) < 4.78 is 0. The van der Waals surface area contributed by atoms with Crippen LogP contribution in [0.3, 0.4) is 0 Å². The summed E-state index contributed by atoms with van der Waals surface area (Å²) >= 11 is 0. The van der Waals surface area contributed by atoms with Crippen molar-refractivity contribution in [2.24, 2.45) is 23.5 Å². The highest BCUT2D eigenvalue weighted by molar-refractivity contribution is 5.70. The van der Waals surface area contributed by atoms with Gasteiger partial charge in [-0.05, 0) is 76.0 Å². The molecule has 1 aliphatic carbocycles. The van der Waals surface area contributed by atoms with Gasteiger partial charge in [0.2, 0.25) is 0 Å². The van der Waals surface area contributed by atoms with Crippen LogP contribution in [0.25, 0.3) is 0 Å². The number of hydrogen-bond acceptors (Lipinski definition) is 7. The number of rotatable bonds is 22. The molecule has 0 aromatic carbocycles. The number of aliphatic hydroxyl groups excluding tert-OH is 2. The molecule has 1 aliphatic heterocycles. The van der Waals surface area contributed by atoms with Crippen molar-refractivity contribution in [3.63, 3.8) is 0 Å². The third kappa shape index (κ3) is 12.5. The van der Waals surface area contributed by atoms with Crippen molar-refractivity contribution in [2.45, 2.75) is 134 Å². The summed E-state index contributed by atoms with van der Waals surface area (Å²) in [5.74, 6) is -1.00. The fraction of sp³-hybridized carbons (Fsp3) is 0.844. The number of aliphatic carboxylic acids is 1. The molecule has 2 rings (SSSR count). The molecule has 8 heteroatoms. The molecular weight excluding hydrogens is 506 g/mol. The van der Waals surface area contributed by atoms with Crippen molar-refractivity contribution in [2.75, 3.05) is 20.1 Å². The predicted molar refractivity (Wildman–Crippen MR) is 162 cm³/mol. The minimum Gasteiger partial charge on any atom is -0.481 e. The van der Waals surface area contributed by atoms with E-state index in [2.05, 4.69) is 23.6 Å². The van der Waals surface area contributed by atoms with Crippen LogP contribution in [0, 0.1) is 17.8 Å². The first-order chi connectivity index (χ1) is 19.2. The molecule has 0 aromatic rings. The van der Waals surface area contributed by atoms with Crippen LogP contribution in [0.15, 0.2) is 23.5 Å². The molecule has 1 fully saturated rings. The number of nitrogens with one attached hydrogen (secondary N) is 2. The van der Waals surface area contributed by atoms with Crippen LogP contribution >= 0.6 is 0 Å². The fourth-order valence-electron chi connectivity index (χ4n) is 6.69. The molecule has 0 radical (unpaired) electrons. The second-order valence-corrected chi connectivity index (χ2v) is 12.5. The number of hydrogen-bond donors (Lipinski definition) is 7. The highest BCUT2D eigenvalue weighted by Gasteiger charge is 2.44. The summed E-state index contributed by atoms with van der Waals surface area (Å²) in [5, 5.41) is 49.0. The van der Waals surface area contributed by atoms with Crippen LogP contribution < -0.4 is 16.4 Å². The molecule has 1 heterocycles. The average molecular weight is 566 g/mol. The zero-order chi connectivity index (χ0) is 29.4. The lowest BCUT2D eigenvalue weighted by atomic mass is 9.78. The third-order valence-corrected chi connectivity index (χ3v) is 9.12. The summed E-state index contributed by atoms with van der Waals surface area (Å²) in [7, 11) is 1.83. The van der Waals surface area contributed by atoms with Crippen LogP contribution in [0.4, 0.5) is 0 Å². The number of aliphatic hydroxyl groups is 3. The van der Waals surface area contributed by atoms with E-state index in [9.17, 15) is 25.2 Å². The van der Waals surface area contributed by atoms with E-state index in [-0.39, 0.29) is 18.4 Å². The Morgan fingerprint density at radius 2 is 1.75 bits per heavy atom. The first-order valence-corrected chi connectivity index (χ1v) is 16.0. The molecule has 1 saturated carbocycles. The normalized spacial score (nSPS) is 24.1. The summed E-state index contributed by atoms with van der Waals surface area (Å²) in [6.45, 7) is 3.46. The predicted octanol–water partition coefficient (Wildman–Crippen LogP) is 4.59. The Bertz CT molecular complexity index is 789. The van der Waals surface area contributed by atoms with E-state index >= 15 is 0 Å². The Balaban J connectivity index is 1.76. The summed E-state index contributed by atoms with van der Waals surface area (Å²) in [5.41, 5.74) is 6.19. The van der Waals surface area contributed by atoms with Crippen LogP contribution in [0.5, 0.6) is 0 Å². The maximum atomic E-state index is 12.1. The van der Waals surface area contributed by atoms with Crippen molar-refractivity contribution < 1.29 is 25.2 Å². The van der Waals surface area contributed by atoms with E-state index in [1.165, 1.54) is 31.3 Å². The molecule has 0 spiro atoms. The Hall–Kier alpha value is -1.61. The molecule has 6 atom stereocenters. The van der Waals surface area contributed by atoms with E-state index in [1.807, 2.05) is 13.1 Å². The quantitative estimate of drug-likeness (QED) is 0.0943. The van der Waals surface area contributed by atoms with Crippen molar-refractivity contribution in [3.05, 3.63) is 23.5 Å². The first kappa shape index (κ1) is 34.6. The maximum absolute atomic E-state index is 12.1. The maximum Gasteiger partial charge on any atom is 0.309 e. The number of carbonyl (C=O) groups is 1. The number of carboxylic acid groups (broad SMARTS) is 1. The lowest BCUT2D eigenvalue weighted by molar-refractivity contribution is -0.147. The monoisotopic (exact) mass is 565 g/mol. The standard InChI is InChI=1S/C32H59N3O5/c1-3-4-5-6-9-12-27(36)13-10-7-8-11-14-28(31(38)39)29(37)21-26(23-34-2)32(40)17-15-25(22-32)19-24-16-18-35-30(33)20-24/h16,20,25-29,34-37,40H,3-15,17-19,21-23,33H2,1-2H3,(H,38,39). The molecular formula is C32H59N3O5. The Kier molecular flexibility index (Phi) is 16.2. The summed E-state index contributed by atoms with van der Waals surface area (Å²) in [4.78, 5) is 12.1. The fourth-order valence-corrected chi connectivity index (χ4v) is 6.69. The number of unbranched alkanes of at least 4 members (excludes halogenated alkanes) is 7. The summed E-state index contributed by atoms with van der Waals surface area (Å²) in [6.07, 6.45) is 17.9. The highest BCUT2D eigenvalue weighted by Crippen LogP contribution is 2.44. The molecule has 40 heavy (non-hydrogen) atoms. The van der Waals surface area contributed by atoms with Gasteiger partial charge in [-0.3, -0.25) is 4.79 Å². The zero-order valence-electron chi connectivity index (χ0n) is 25.3. The topological polar surface area (TPSA) is 148 Å². The van der Waals surface area contributed by atoms with Gasteiger partial charge in [-0.15, -0.1) is 0 Å². The molecule has 0 saturated heterocycles. The lowest BCUT2D eigenvalue weighted by Gasteiger charge is -2.35. The van der Waals surface area contributed by atoms with Gasteiger partial charge in [0, 0.05) is 19.0 Å². The highest BCUT2D eigenvalue weighted by atomic mass is 16.4. The van der Waals surface area contributed by atoms with Crippen molar-refractivity contribution >= 4 is 5.97 Å². The molecule has 8 N–H and O–H groups in total. The average Bonchev–Trinajstić information content (AvgIpc) is 3.28. The van der Waals surface area contributed by atoms with Crippen LogP contribution in [0.2, 0.25) is 0 Å². The smallest absolute Gasteiger partial charge is 0.309 e. The largest absolute Gasteiger partial charge is 0.481 e. The van der Waals surface area contributed by atoms with Gasteiger partial charge in [-0.2, -0.15) is 0 Å². The zero-order valence-corrected chi connectivity index (χ0v) is 25.3. The van der Waals surface area contributed by atoms with E-state index in [1.54, 1.807) is 0 Å². The minimum absolute atomic E-state index is 0.217. The van der Waals surface area contributed by atoms with Gasteiger partial charge >= 0.3 is 5.97 Å². The SMILES string of the molecule is CCCCCCCC(O)CCCCCCC(C(=O)O)C(O)CC(CNC)C1(O)CCC(CC2=CCNC(N)=C2)C1. The molecule has 2 aliphatic rings. The van der Waals surface area contributed by atoms with Gasteiger partial charge in [0.25, 0.3) is 0 Å².